The molecule has 4 rings (SSSR count). The fourth-order valence-electron chi connectivity index (χ4n) is 3.40. The maximum atomic E-state index is 11.4. The fraction of sp³-hybridized carbons (Fsp3) is 0. The van der Waals surface area contributed by atoms with E-state index in [1.807, 2.05) is 60.7 Å². The molecule has 0 fully saturated rings. The first-order chi connectivity index (χ1) is 15.9. The molecule has 0 unspecified atom stereocenters. The van der Waals surface area contributed by atoms with Crippen LogP contribution in [0.1, 0.15) is 22.3 Å². The Morgan fingerprint density at radius 2 is 1.03 bits per heavy atom. The van der Waals surface area contributed by atoms with Crippen molar-refractivity contribution in [2.24, 2.45) is 0 Å². The van der Waals surface area contributed by atoms with Gasteiger partial charge in [-0.3, -0.25) is 0 Å². The average Bonchev–Trinajstić information content (AvgIpc) is 2.82. The standard InChI is InChI=1S/C28H21ClO3S.Na/c29-27-7-3-1-5-25(27)19-13-21-9-15-23(16-10-21)24-17-11-22(12-18-24)14-20-26-6-2-4-8-28(26)33(30,31)32;/h1-20H,(H,30,31,32);/q;+1/p-1/b19-13+,20-14+;. The van der Waals surface area contributed by atoms with Gasteiger partial charge in [-0.1, -0.05) is 121 Å². The van der Waals surface area contributed by atoms with Gasteiger partial charge in [0.2, 0.25) is 0 Å². The molecular weight excluding hydrogens is 475 g/mol. The SMILES string of the molecule is O=S(=O)([O-])c1ccccc1/C=C/c1ccc(-c2ccc(/C=C/c3ccccc3Cl)cc2)cc1.[Na+]. The molecule has 4 aromatic rings. The first-order valence-corrected chi connectivity index (χ1v) is 12.0. The molecule has 0 heterocycles. The smallest absolute Gasteiger partial charge is 0.744 e. The van der Waals surface area contributed by atoms with Gasteiger partial charge in [-0.05, 0) is 45.5 Å². The molecule has 0 radical (unpaired) electrons. The Labute approximate surface area is 227 Å². The molecule has 0 aliphatic rings. The predicted octanol–water partition coefficient (Wildman–Crippen LogP) is 4.26. The number of halogens is 1. The molecule has 0 aliphatic heterocycles. The molecule has 164 valence electrons. The van der Waals surface area contributed by atoms with Gasteiger partial charge >= 0.3 is 29.6 Å². The van der Waals surface area contributed by atoms with E-state index in [0.29, 0.717) is 5.56 Å². The normalized spacial score (nSPS) is 11.6. The predicted molar refractivity (Wildman–Crippen MR) is 136 cm³/mol. The van der Waals surface area contributed by atoms with Crippen molar-refractivity contribution >= 4 is 46.0 Å². The van der Waals surface area contributed by atoms with Gasteiger partial charge < -0.3 is 4.55 Å². The van der Waals surface area contributed by atoms with Crippen molar-refractivity contribution in [1.29, 1.82) is 0 Å². The Bertz CT molecular complexity index is 1430. The van der Waals surface area contributed by atoms with E-state index in [0.717, 1.165) is 32.8 Å². The quantitative estimate of drug-likeness (QED) is 0.229. The topological polar surface area (TPSA) is 57.2 Å². The van der Waals surface area contributed by atoms with Crippen LogP contribution in [-0.4, -0.2) is 13.0 Å². The van der Waals surface area contributed by atoms with Gasteiger partial charge in [-0.2, -0.15) is 0 Å². The fourth-order valence-corrected chi connectivity index (χ4v) is 4.27. The summed E-state index contributed by atoms with van der Waals surface area (Å²) in [5.74, 6) is 0. The summed E-state index contributed by atoms with van der Waals surface area (Å²) in [7, 11) is -4.52. The number of hydrogen-bond acceptors (Lipinski definition) is 3. The zero-order valence-electron chi connectivity index (χ0n) is 18.6. The van der Waals surface area contributed by atoms with Crippen LogP contribution in [0.2, 0.25) is 5.02 Å². The summed E-state index contributed by atoms with van der Waals surface area (Å²) < 4.78 is 34.3. The molecule has 3 nitrogen and oxygen atoms in total. The maximum Gasteiger partial charge on any atom is 1.00 e. The third kappa shape index (κ3) is 6.80. The van der Waals surface area contributed by atoms with Gasteiger partial charge in [0.25, 0.3) is 0 Å². The molecular formula is C28H20ClNaO3S. The number of hydrogen-bond donors (Lipinski definition) is 0. The minimum absolute atomic E-state index is 0. The van der Waals surface area contributed by atoms with Crippen LogP contribution < -0.4 is 29.6 Å². The summed E-state index contributed by atoms with van der Waals surface area (Å²) in [6.07, 6.45) is 7.45. The molecule has 34 heavy (non-hydrogen) atoms. The number of benzene rings is 4. The molecule has 0 amide bonds. The molecule has 0 saturated carbocycles. The monoisotopic (exact) mass is 494 g/mol. The van der Waals surface area contributed by atoms with Crippen molar-refractivity contribution in [3.05, 3.63) is 124 Å². The summed E-state index contributed by atoms with van der Waals surface area (Å²) in [6, 6.07) is 30.0. The van der Waals surface area contributed by atoms with Crippen LogP contribution in [0.25, 0.3) is 35.4 Å². The van der Waals surface area contributed by atoms with Crippen LogP contribution >= 0.6 is 11.6 Å². The minimum atomic E-state index is -4.52. The van der Waals surface area contributed by atoms with Gasteiger partial charge in [0.15, 0.2) is 0 Å². The van der Waals surface area contributed by atoms with E-state index >= 15 is 0 Å². The van der Waals surface area contributed by atoms with Crippen LogP contribution in [0.5, 0.6) is 0 Å². The van der Waals surface area contributed by atoms with Gasteiger partial charge in [0, 0.05) is 5.02 Å². The Morgan fingerprint density at radius 1 is 0.588 bits per heavy atom. The summed E-state index contributed by atoms with van der Waals surface area (Å²) in [6.45, 7) is 0. The Balaban J connectivity index is 0.00000324. The maximum absolute atomic E-state index is 11.4. The summed E-state index contributed by atoms with van der Waals surface area (Å²) in [5, 5.41) is 0.720. The average molecular weight is 495 g/mol. The van der Waals surface area contributed by atoms with Crippen LogP contribution in [-0.2, 0) is 10.1 Å². The van der Waals surface area contributed by atoms with Crippen molar-refractivity contribution in [2.45, 2.75) is 4.90 Å². The van der Waals surface area contributed by atoms with Gasteiger partial charge in [0.1, 0.15) is 10.1 Å². The van der Waals surface area contributed by atoms with Crippen LogP contribution in [0.15, 0.2) is 102 Å². The molecule has 0 aromatic heterocycles. The van der Waals surface area contributed by atoms with Crippen molar-refractivity contribution in [3.63, 3.8) is 0 Å². The summed E-state index contributed by atoms with van der Waals surface area (Å²) in [5.41, 5.74) is 5.47. The second-order valence-corrected chi connectivity index (χ2v) is 9.18. The van der Waals surface area contributed by atoms with Crippen LogP contribution in [0, 0.1) is 0 Å². The van der Waals surface area contributed by atoms with Crippen molar-refractivity contribution < 1.29 is 42.5 Å². The molecule has 0 aliphatic carbocycles. The molecule has 0 spiro atoms. The summed E-state index contributed by atoms with van der Waals surface area (Å²) >= 11 is 6.20. The Hall–Kier alpha value is -2.44. The van der Waals surface area contributed by atoms with Crippen molar-refractivity contribution in [3.8, 4) is 11.1 Å². The van der Waals surface area contributed by atoms with E-state index in [-0.39, 0.29) is 34.5 Å². The summed E-state index contributed by atoms with van der Waals surface area (Å²) in [4.78, 5) is -0.221. The van der Waals surface area contributed by atoms with E-state index < -0.39 is 10.1 Å². The second-order valence-electron chi connectivity index (χ2n) is 7.42. The molecule has 0 atom stereocenters. The van der Waals surface area contributed by atoms with Crippen molar-refractivity contribution in [1.82, 2.24) is 0 Å². The van der Waals surface area contributed by atoms with Crippen LogP contribution in [0.3, 0.4) is 0 Å². The second kappa shape index (κ2) is 11.8. The minimum Gasteiger partial charge on any atom is -0.744 e. The van der Waals surface area contributed by atoms with Crippen molar-refractivity contribution in [2.75, 3.05) is 0 Å². The molecule has 4 aromatic carbocycles. The largest absolute Gasteiger partial charge is 1.00 e. The van der Waals surface area contributed by atoms with Gasteiger partial charge in [-0.25, -0.2) is 8.42 Å². The van der Waals surface area contributed by atoms with E-state index in [1.165, 1.54) is 12.1 Å². The number of rotatable bonds is 6. The van der Waals surface area contributed by atoms with E-state index in [9.17, 15) is 13.0 Å². The third-order valence-electron chi connectivity index (χ3n) is 5.16. The molecule has 0 bridgehead atoms. The zero-order valence-corrected chi connectivity index (χ0v) is 22.1. The van der Waals surface area contributed by atoms with Gasteiger partial charge in [0.05, 0.1) is 4.90 Å². The van der Waals surface area contributed by atoms with E-state index in [2.05, 4.69) is 24.3 Å². The van der Waals surface area contributed by atoms with E-state index in [4.69, 9.17) is 11.6 Å². The Kier molecular flexibility index (Phi) is 9.09. The molecule has 0 N–H and O–H groups in total. The first kappa shape index (κ1) is 26.2. The third-order valence-corrected chi connectivity index (χ3v) is 6.41. The van der Waals surface area contributed by atoms with Crippen LogP contribution in [0.4, 0.5) is 0 Å². The molecule has 6 heteroatoms. The Morgan fingerprint density at radius 3 is 1.53 bits per heavy atom. The zero-order chi connectivity index (χ0) is 23.3. The molecule has 0 saturated heterocycles. The van der Waals surface area contributed by atoms with Gasteiger partial charge in [-0.15, -0.1) is 0 Å². The first-order valence-electron chi connectivity index (χ1n) is 10.3. The van der Waals surface area contributed by atoms with E-state index in [1.54, 1.807) is 24.3 Å².